The Labute approximate surface area is 253 Å². The van der Waals surface area contributed by atoms with E-state index in [0.717, 1.165) is 6.42 Å². The first-order chi connectivity index (χ1) is 20.5. The number of hydrogen-bond acceptors (Lipinski definition) is 9. The van der Waals surface area contributed by atoms with Gasteiger partial charge in [-0.1, -0.05) is 25.5 Å². The lowest BCUT2D eigenvalue weighted by atomic mass is 9.86. The smallest absolute Gasteiger partial charge is 0.245 e. The van der Waals surface area contributed by atoms with Crippen LogP contribution in [0, 0.1) is 11.8 Å². The lowest BCUT2D eigenvalue weighted by Gasteiger charge is -2.21. The number of ketones is 2. The van der Waals surface area contributed by atoms with Crippen LogP contribution in [0.5, 0.6) is 5.75 Å². The highest BCUT2D eigenvalue weighted by atomic mass is 16.5. The van der Waals surface area contributed by atoms with Gasteiger partial charge in [-0.3, -0.25) is 24.0 Å². The van der Waals surface area contributed by atoms with E-state index in [1.54, 1.807) is 12.1 Å². The molecule has 1 aromatic carbocycles. The molecule has 0 saturated heterocycles. The van der Waals surface area contributed by atoms with Crippen LogP contribution in [0.15, 0.2) is 24.3 Å². The van der Waals surface area contributed by atoms with Crippen LogP contribution in [0.25, 0.3) is 0 Å². The molecule has 0 spiro atoms. The highest BCUT2D eigenvalue weighted by molar-refractivity contribution is 5.94. The van der Waals surface area contributed by atoms with Crippen LogP contribution in [0.1, 0.15) is 57.9 Å². The highest BCUT2D eigenvalue weighted by Crippen LogP contribution is 2.20. The number of carbonyl (C=O) groups is 5. The van der Waals surface area contributed by atoms with E-state index in [2.05, 4.69) is 10.6 Å². The molecular weight excluding hydrogens is 560 g/mol. The number of phenols is 1. The summed E-state index contributed by atoms with van der Waals surface area (Å²) in [6.07, 6.45) is 1.75. The molecule has 1 radical (unpaired) electrons. The summed E-state index contributed by atoms with van der Waals surface area (Å²) in [5, 5.41) is 24.1. The van der Waals surface area contributed by atoms with E-state index in [-0.39, 0.29) is 43.9 Å². The number of nitrogens with two attached hydrogens (primary N) is 1. The van der Waals surface area contributed by atoms with Crippen molar-refractivity contribution in [2.45, 2.75) is 70.9 Å². The van der Waals surface area contributed by atoms with Crippen LogP contribution in [0.4, 0.5) is 0 Å². The molecule has 13 nitrogen and oxygen atoms in total. The molecule has 0 unspecified atom stereocenters. The molecule has 43 heavy (non-hydrogen) atoms. The number of hydrogen-bond donors (Lipinski definition) is 5. The summed E-state index contributed by atoms with van der Waals surface area (Å²) in [7, 11) is 0. The molecule has 1 rings (SSSR count). The summed E-state index contributed by atoms with van der Waals surface area (Å²) < 4.78 is 10.5. The number of aromatic hydroxyl groups is 1. The number of unbranched alkanes of at least 4 members (excludes halogenated alkanes) is 1. The van der Waals surface area contributed by atoms with Gasteiger partial charge in [0.25, 0.3) is 0 Å². The summed E-state index contributed by atoms with van der Waals surface area (Å²) in [6.45, 7) is 4.46. The van der Waals surface area contributed by atoms with Gasteiger partial charge in [0, 0.05) is 31.9 Å². The normalized spacial score (nSPS) is 13.9. The van der Waals surface area contributed by atoms with Crippen molar-refractivity contribution < 1.29 is 43.7 Å². The molecule has 4 atom stereocenters. The van der Waals surface area contributed by atoms with Gasteiger partial charge in [0.1, 0.15) is 24.2 Å². The summed E-state index contributed by atoms with van der Waals surface area (Å²) in [5.41, 5.74) is 14.1. The number of aliphatic hydroxyl groups excluding tert-OH is 1. The average Bonchev–Trinajstić information content (AvgIpc) is 2.97. The van der Waals surface area contributed by atoms with Crippen molar-refractivity contribution in [3.8, 4) is 5.75 Å². The summed E-state index contributed by atoms with van der Waals surface area (Å²) in [6, 6.07) is 3.96. The van der Waals surface area contributed by atoms with Crippen molar-refractivity contribution in [2.75, 3.05) is 39.6 Å². The standard InChI is InChI=1S/C30H47N4O9/c1-3-12-42-13-14-43-19-28(39)33-11-5-4-6-22(27(38)17-23(18-35)29(32)40)16-26(37)20(2)34-30(41)25(31)15-21-7-9-24(36)10-8-21/h7-10,20,22-23,25,31,35-36H,3-6,11-19H2,1-2H3,(H2,32,40)(H,33,39)(H,34,41)/t20-,22-,23+,25+/m1/s1. The first kappa shape index (κ1) is 37.6. The van der Waals surface area contributed by atoms with E-state index in [9.17, 15) is 34.2 Å². The zero-order chi connectivity index (χ0) is 32.2. The van der Waals surface area contributed by atoms with Crippen molar-refractivity contribution in [1.29, 1.82) is 0 Å². The maximum atomic E-state index is 13.0. The van der Waals surface area contributed by atoms with Crippen molar-refractivity contribution in [1.82, 2.24) is 16.4 Å². The predicted molar refractivity (Wildman–Crippen MR) is 158 cm³/mol. The number of nitrogens with one attached hydrogen (secondary N) is 3. The van der Waals surface area contributed by atoms with Crippen molar-refractivity contribution in [3.05, 3.63) is 29.8 Å². The molecule has 0 aliphatic heterocycles. The maximum absolute atomic E-state index is 13.0. The Morgan fingerprint density at radius 1 is 0.953 bits per heavy atom. The van der Waals surface area contributed by atoms with Crippen LogP contribution in [-0.4, -0.2) is 91.2 Å². The third-order valence-corrected chi connectivity index (χ3v) is 6.76. The Hall–Kier alpha value is -3.39. The molecule has 7 N–H and O–H groups in total. The number of ether oxygens (including phenoxy) is 2. The van der Waals surface area contributed by atoms with Crippen molar-refractivity contribution in [2.24, 2.45) is 17.6 Å². The predicted octanol–water partition coefficient (Wildman–Crippen LogP) is 0.449. The second kappa shape index (κ2) is 21.3. The lowest BCUT2D eigenvalue weighted by molar-refractivity contribution is -0.133. The van der Waals surface area contributed by atoms with E-state index in [1.807, 2.05) is 6.92 Å². The van der Waals surface area contributed by atoms with E-state index in [4.69, 9.17) is 20.9 Å². The largest absolute Gasteiger partial charge is 0.508 e. The lowest BCUT2D eigenvalue weighted by Crippen LogP contribution is -2.45. The maximum Gasteiger partial charge on any atom is 0.245 e. The number of phenolic OH excluding ortho intramolecular Hbond substituents is 1. The van der Waals surface area contributed by atoms with Gasteiger partial charge in [-0.15, -0.1) is 0 Å². The molecule has 13 heteroatoms. The first-order valence-electron chi connectivity index (χ1n) is 14.7. The molecule has 0 aliphatic rings. The van der Waals surface area contributed by atoms with Gasteiger partial charge in [-0.25, -0.2) is 5.73 Å². The number of Topliss-reactive ketones (excluding diaryl/α,β-unsaturated/α-hetero) is 2. The van der Waals surface area contributed by atoms with E-state index < -0.39 is 53.9 Å². The average molecular weight is 608 g/mol. The highest BCUT2D eigenvalue weighted by Gasteiger charge is 2.29. The fourth-order valence-corrected chi connectivity index (χ4v) is 4.14. The van der Waals surface area contributed by atoms with E-state index >= 15 is 0 Å². The topological polar surface area (TPSA) is 218 Å². The van der Waals surface area contributed by atoms with Crippen LogP contribution < -0.4 is 22.1 Å². The molecule has 0 fully saturated rings. The fourth-order valence-electron chi connectivity index (χ4n) is 4.14. The fraction of sp³-hybridized carbons (Fsp3) is 0.633. The molecule has 0 bridgehead atoms. The van der Waals surface area contributed by atoms with Crippen LogP contribution in [0.3, 0.4) is 0 Å². The third kappa shape index (κ3) is 16.1. The molecule has 0 heterocycles. The summed E-state index contributed by atoms with van der Waals surface area (Å²) in [5.74, 6) is -4.37. The van der Waals surface area contributed by atoms with Gasteiger partial charge in [-0.2, -0.15) is 0 Å². The van der Waals surface area contributed by atoms with Crippen LogP contribution in [0.2, 0.25) is 0 Å². The zero-order valence-electron chi connectivity index (χ0n) is 25.1. The molecule has 3 amide bonds. The van der Waals surface area contributed by atoms with Crippen molar-refractivity contribution in [3.63, 3.8) is 0 Å². The Balaban J connectivity index is 2.62. The SMILES string of the molecule is CCCOCCOCC(=O)NCCCC[C@H](CC(=O)[C@@H](C)NC(=O)[C@@H]([NH])Cc1ccc(O)cc1)C(=O)C[C@@H](CO)C(N)=O. The zero-order valence-corrected chi connectivity index (χ0v) is 25.1. The second-order valence-electron chi connectivity index (χ2n) is 10.5. The van der Waals surface area contributed by atoms with Gasteiger partial charge >= 0.3 is 0 Å². The van der Waals surface area contributed by atoms with Gasteiger partial charge < -0.3 is 36.1 Å². The minimum absolute atomic E-state index is 0.0676. The van der Waals surface area contributed by atoms with E-state index in [0.29, 0.717) is 44.8 Å². The molecule has 1 aromatic rings. The monoisotopic (exact) mass is 607 g/mol. The Kier molecular flexibility index (Phi) is 18.7. The van der Waals surface area contributed by atoms with Crippen molar-refractivity contribution >= 4 is 29.3 Å². The van der Waals surface area contributed by atoms with Gasteiger partial charge in [0.2, 0.25) is 17.7 Å². The summed E-state index contributed by atoms with van der Waals surface area (Å²) in [4.78, 5) is 62.0. The van der Waals surface area contributed by atoms with E-state index in [1.165, 1.54) is 19.1 Å². The quantitative estimate of drug-likeness (QED) is 0.103. The molecular formula is C30H47N4O9. The second-order valence-corrected chi connectivity index (χ2v) is 10.5. The number of aliphatic hydroxyl groups is 1. The summed E-state index contributed by atoms with van der Waals surface area (Å²) >= 11 is 0. The number of primary amides is 1. The van der Waals surface area contributed by atoms with Gasteiger partial charge in [-0.05, 0) is 50.3 Å². The van der Waals surface area contributed by atoms with Crippen LogP contribution in [-0.2, 0) is 39.9 Å². The van der Waals surface area contributed by atoms with Crippen LogP contribution >= 0.6 is 0 Å². The third-order valence-electron chi connectivity index (χ3n) is 6.76. The first-order valence-corrected chi connectivity index (χ1v) is 14.7. The number of amides is 3. The Morgan fingerprint density at radius 3 is 2.23 bits per heavy atom. The molecule has 0 aromatic heterocycles. The number of benzene rings is 1. The number of carbonyl (C=O) groups excluding carboxylic acids is 5. The molecule has 241 valence electrons. The number of rotatable bonds is 24. The van der Waals surface area contributed by atoms with Gasteiger partial charge in [0.05, 0.1) is 31.8 Å². The Bertz CT molecular complexity index is 1020. The molecule has 0 aliphatic carbocycles. The minimum atomic E-state index is -1.19. The van der Waals surface area contributed by atoms with Gasteiger partial charge in [0.15, 0.2) is 5.78 Å². The molecule has 0 saturated carbocycles. The Morgan fingerprint density at radius 2 is 1.60 bits per heavy atom. The minimum Gasteiger partial charge on any atom is -0.508 e.